The van der Waals surface area contributed by atoms with E-state index in [0.29, 0.717) is 6.04 Å². The van der Waals surface area contributed by atoms with E-state index in [0.717, 1.165) is 37.7 Å². The molecule has 98 valence electrons. The van der Waals surface area contributed by atoms with E-state index in [2.05, 4.69) is 32.7 Å². The molecule has 2 aliphatic heterocycles. The fraction of sp³-hybridized carbons (Fsp3) is 0.643. The Balaban J connectivity index is 1.60. The summed E-state index contributed by atoms with van der Waals surface area (Å²) in [4.78, 5) is 6.98. The van der Waals surface area contributed by atoms with Gasteiger partial charge in [0.05, 0.1) is 11.9 Å². The maximum atomic E-state index is 4.59. The molecule has 2 N–H and O–H groups in total. The topological polar surface area (TPSA) is 40.2 Å². The molecule has 2 fully saturated rings. The van der Waals surface area contributed by atoms with Gasteiger partial charge >= 0.3 is 0 Å². The summed E-state index contributed by atoms with van der Waals surface area (Å²) in [5.74, 6) is 1.13. The highest BCUT2D eigenvalue weighted by atomic mass is 15.2. The van der Waals surface area contributed by atoms with Crippen LogP contribution in [0.25, 0.3) is 0 Å². The number of rotatable bonds is 3. The fourth-order valence-corrected chi connectivity index (χ4v) is 2.80. The number of hydrogen-bond acceptors (Lipinski definition) is 4. The monoisotopic (exact) mass is 246 g/mol. The zero-order valence-corrected chi connectivity index (χ0v) is 10.9. The van der Waals surface area contributed by atoms with Crippen molar-refractivity contribution in [2.45, 2.75) is 31.7 Å². The van der Waals surface area contributed by atoms with Crippen LogP contribution in [-0.2, 0) is 0 Å². The van der Waals surface area contributed by atoms with Gasteiger partial charge in [-0.2, -0.15) is 0 Å². The highest BCUT2D eigenvalue weighted by molar-refractivity contribution is 5.49. The van der Waals surface area contributed by atoms with Crippen molar-refractivity contribution in [1.82, 2.24) is 10.3 Å². The van der Waals surface area contributed by atoms with Crippen molar-refractivity contribution in [1.29, 1.82) is 0 Å². The molecule has 1 atom stereocenters. The van der Waals surface area contributed by atoms with E-state index in [9.17, 15) is 0 Å². The van der Waals surface area contributed by atoms with Crippen LogP contribution in [0.3, 0.4) is 0 Å². The van der Waals surface area contributed by atoms with Gasteiger partial charge in [0.25, 0.3) is 0 Å². The molecule has 4 nitrogen and oxygen atoms in total. The summed E-state index contributed by atoms with van der Waals surface area (Å²) >= 11 is 0. The third kappa shape index (κ3) is 2.75. The van der Waals surface area contributed by atoms with Crippen molar-refractivity contribution in [2.75, 3.05) is 36.4 Å². The minimum Gasteiger partial charge on any atom is -0.380 e. The molecule has 0 amide bonds. The van der Waals surface area contributed by atoms with E-state index in [1.54, 1.807) is 0 Å². The molecule has 0 aliphatic carbocycles. The molecular weight excluding hydrogens is 224 g/mol. The van der Waals surface area contributed by atoms with Crippen molar-refractivity contribution in [3.8, 4) is 0 Å². The quantitative estimate of drug-likeness (QED) is 0.854. The maximum absolute atomic E-state index is 4.59. The Morgan fingerprint density at radius 2 is 2.11 bits per heavy atom. The SMILES string of the molecule is c1cc(N2CCCCC2)ncc1NC1CCNC1. The number of nitrogens with zero attached hydrogens (tertiary/aromatic N) is 2. The number of piperidine rings is 1. The van der Waals surface area contributed by atoms with E-state index in [4.69, 9.17) is 0 Å². The second-order valence-electron chi connectivity index (χ2n) is 5.29. The molecule has 1 unspecified atom stereocenters. The standard InChI is InChI=1S/C14H22N4/c1-2-8-18(9-3-1)14-5-4-12(11-16-14)17-13-6-7-15-10-13/h4-5,11,13,15,17H,1-3,6-10H2. The lowest BCUT2D eigenvalue weighted by Crippen LogP contribution is -2.30. The molecular formula is C14H22N4. The van der Waals surface area contributed by atoms with Crippen LogP contribution >= 0.6 is 0 Å². The van der Waals surface area contributed by atoms with Crippen molar-refractivity contribution in [3.63, 3.8) is 0 Å². The average Bonchev–Trinajstić information content (AvgIpc) is 2.94. The average molecular weight is 246 g/mol. The predicted octanol–water partition coefficient (Wildman–Crippen LogP) is 1.85. The largest absolute Gasteiger partial charge is 0.380 e. The van der Waals surface area contributed by atoms with E-state index in [1.165, 1.54) is 25.7 Å². The summed E-state index contributed by atoms with van der Waals surface area (Å²) in [6.45, 7) is 4.50. The summed E-state index contributed by atoms with van der Waals surface area (Å²) in [5, 5.41) is 6.89. The molecule has 0 spiro atoms. The number of hydrogen-bond donors (Lipinski definition) is 2. The van der Waals surface area contributed by atoms with Crippen LogP contribution < -0.4 is 15.5 Å². The van der Waals surface area contributed by atoms with Crippen molar-refractivity contribution in [2.24, 2.45) is 0 Å². The number of aromatic nitrogens is 1. The first kappa shape index (κ1) is 11.8. The summed E-state index contributed by atoms with van der Waals surface area (Å²) in [7, 11) is 0. The predicted molar refractivity (Wildman–Crippen MR) is 75.2 cm³/mol. The van der Waals surface area contributed by atoms with E-state index < -0.39 is 0 Å². The first-order chi connectivity index (χ1) is 8.92. The molecule has 0 radical (unpaired) electrons. The Kier molecular flexibility index (Phi) is 3.64. The molecule has 18 heavy (non-hydrogen) atoms. The van der Waals surface area contributed by atoms with Gasteiger partial charge in [-0.15, -0.1) is 0 Å². The van der Waals surface area contributed by atoms with Gasteiger partial charge < -0.3 is 15.5 Å². The van der Waals surface area contributed by atoms with E-state index in [1.807, 2.05) is 6.20 Å². The molecule has 0 saturated carbocycles. The van der Waals surface area contributed by atoms with Gasteiger partial charge in [0.15, 0.2) is 0 Å². The van der Waals surface area contributed by atoms with E-state index >= 15 is 0 Å². The Labute approximate surface area is 109 Å². The first-order valence-corrected chi connectivity index (χ1v) is 7.10. The zero-order valence-electron chi connectivity index (χ0n) is 10.9. The van der Waals surface area contributed by atoms with Crippen LogP contribution in [0, 0.1) is 0 Å². The lowest BCUT2D eigenvalue weighted by Gasteiger charge is -2.27. The van der Waals surface area contributed by atoms with E-state index in [-0.39, 0.29) is 0 Å². The molecule has 3 heterocycles. The highest BCUT2D eigenvalue weighted by Gasteiger charge is 2.15. The van der Waals surface area contributed by atoms with Gasteiger partial charge in [0.2, 0.25) is 0 Å². The second-order valence-corrected chi connectivity index (χ2v) is 5.29. The van der Waals surface area contributed by atoms with Crippen LogP contribution in [-0.4, -0.2) is 37.2 Å². The van der Waals surface area contributed by atoms with Crippen LogP contribution in [0.5, 0.6) is 0 Å². The van der Waals surface area contributed by atoms with Gasteiger partial charge in [0.1, 0.15) is 5.82 Å². The Bertz CT molecular complexity index is 364. The number of nitrogens with one attached hydrogen (secondary N) is 2. The highest BCUT2D eigenvalue weighted by Crippen LogP contribution is 2.19. The second kappa shape index (κ2) is 5.57. The Morgan fingerprint density at radius 1 is 1.22 bits per heavy atom. The molecule has 2 saturated heterocycles. The van der Waals surface area contributed by atoms with Gasteiger partial charge in [-0.1, -0.05) is 0 Å². The summed E-state index contributed by atoms with van der Waals surface area (Å²) < 4.78 is 0. The van der Waals surface area contributed by atoms with Gasteiger partial charge in [-0.05, 0) is 44.4 Å². The molecule has 2 aliphatic rings. The summed E-state index contributed by atoms with van der Waals surface area (Å²) in [6, 6.07) is 4.87. The number of pyridine rings is 1. The lowest BCUT2D eigenvalue weighted by atomic mass is 10.1. The molecule has 0 bridgehead atoms. The first-order valence-electron chi connectivity index (χ1n) is 7.10. The molecule has 1 aromatic rings. The molecule has 4 heteroatoms. The van der Waals surface area contributed by atoms with Crippen molar-refractivity contribution in [3.05, 3.63) is 18.3 Å². The fourth-order valence-electron chi connectivity index (χ4n) is 2.80. The minimum absolute atomic E-state index is 0.563. The van der Waals surface area contributed by atoms with Gasteiger partial charge in [-0.3, -0.25) is 0 Å². The summed E-state index contributed by atoms with van der Waals surface area (Å²) in [6.07, 6.45) is 7.14. The third-order valence-electron chi connectivity index (χ3n) is 3.86. The van der Waals surface area contributed by atoms with Crippen molar-refractivity contribution < 1.29 is 0 Å². The maximum Gasteiger partial charge on any atom is 0.128 e. The van der Waals surface area contributed by atoms with Crippen molar-refractivity contribution >= 4 is 11.5 Å². The molecule has 3 rings (SSSR count). The van der Waals surface area contributed by atoms with Gasteiger partial charge in [-0.25, -0.2) is 4.98 Å². The zero-order chi connectivity index (χ0) is 12.2. The van der Waals surface area contributed by atoms with Crippen LogP contribution in [0.2, 0.25) is 0 Å². The smallest absolute Gasteiger partial charge is 0.128 e. The third-order valence-corrected chi connectivity index (χ3v) is 3.86. The number of anilines is 2. The van der Waals surface area contributed by atoms with Crippen LogP contribution in [0.1, 0.15) is 25.7 Å². The molecule has 1 aromatic heterocycles. The lowest BCUT2D eigenvalue weighted by molar-refractivity contribution is 0.573. The van der Waals surface area contributed by atoms with Crippen LogP contribution in [0.4, 0.5) is 11.5 Å². The summed E-state index contributed by atoms with van der Waals surface area (Å²) in [5.41, 5.74) is 1.14. The normalized spacial score (nSPS) is 24.2. The minimum atomic E-state index is 0.563. The van der Waals surface area contributed by atoms with Crippen LogP contribution in [0.15, 0.2) is 18.3 Å². The Hall–Kier alpha value is -1.29. The molecule has 0 aromatic carbocycles. The Morgan fingerprint density at radius 3 is 2.78 bits per heavy atom. The van der Waals surface area contributed by atoms with Gasteiger partial charge in [0, 0.05) is 25.7 Å².